The molecule has 0 amide bonds. The predicted molar refractivity (Wildman–Crippen MR) is 87.3 cm³/mol. The number of aromatic hydroxyl groups is 1. The summed E-state index contributed by atoms with van der Waals surface area (Å²) in [7, 11) is 0. The number of H-pyrrole nitrogens is 1. The highest BCUT2D eigenvalue weighted by atomic mass is 16.3. The van der Waals surface area contributed by atoms with E-state index in [0.717, 1.165) is 16.3 Å². The van der Waals surface area contributed by atoms with Gasteiger partial charge in [-0.05, 0) is 18.2 Å². The fraction of sp³-hybridized carbons (Fsp3) is 0. The first-order valence-corrected chi connectivity index (χ1v) is 7.08. The third kappa shape index (κ3) is 1.79. The molecule has 4 rings (SSSR count). The fourth-order valence-electron chi connectivity index (χ4n) is 2.87. The molecule has 2 N–H and O–H groups in total. The highest BCUT2D eigenvalue weighted by Gasteiger charge is 2.19. The number of fused-ring (bicyclic) bond motifs is 3. The number of aromatic amines is 1. The van der Waals surface area contributed by atoms with E-state index in [1.807, 2.05) is 48.5 Å². The maximum Gasteiger partial charge on any atom is 0.198 e. The minimum absolute atomic E-state index is 0.00657. The highest BCUT2D eigenvalue weighted by molar-refractivity contribution is 6.21. The van der Waals surface area contributed by atoms with E-state index in [9.17, 15) is 9.90 Å². The molecule has 106 valence electrons. The second-order valence-electron chi connectivity index (χ2n) is 5.25. The van der Waals surface area contributed by atoms with E-state index in [2.05, 4.69) is 4.98 Å². The fourth-order valence-corrected chi connectivity index (χ4v) is 2.87. The third-order valence-electron chi connectivity index (χ3n) is 3.92. The molecule has 0 radical (unpaired) electrons. The van der Waals surface area contributed by atoms with Crippen molar-refractivity contribution >= 4 is 27.6 Å². The molecule has 3 heteroatoms. The highest BCUT2D eigenvalue weighted by Crippen LogP contribution is 2.33. The zero-order valence-corrected chi connectivity index (χ0v) is 11.7. The Bertz CT molecular complexity index is 1000. The number of nitrogens with one attached hydrogen (secondary N) is 1. The molecule has 0 aliphatic rings. The second kappa shape index (κ2) is 4.74. The summed E-state index contributed by atoms with van der Waals surface area (Å²) in [5.41, 5.74) is 2.50. The molecule has 1 aromatic heterocycles. The third-order valence-corrected chi connectivity index (χ3v) is 3.92. The largest absolute Gasteiger partial charge is 0.507 e. The Morgan fingerprint density at radius 3 is 2.36 bits per heavy atom. The lowest BCUT2D eigenvalue weighted by Crippen LogP contribution is -2.02. The Balaban J connectivity index is 2.04. The Kier molecular flexibility index (Phi) is 2.73. The quantitative estimate of drug-likeness (QED) is 0.541. The number of carbonyl (C=O) groups excluding carboxylic acids is 1. The lowest BCUT2D eigenvalue weighted by Gasteiger charge is -2.05. The van der Waals surface area contributed by atoms with Crippen molar-refractivity contribution in [1.29, 1.82) is 0 Å². The number of phenols is 1. The summed E-state index contributed by atoms with van der Waals surface area (Å²) in [6, 6.07) is 20.3. The summed E-state index contributed by atoms with van der Waals surface area (Å²) in [5, 5.41) is 12.2. The van der Waals surface area contributed by atoms with Crippen molar-refractivity contribution in [2.45, 2.75) is 0 Å². The van der Waals surface area contributed by atoms with Gasteiger partial charge in [0.25, 0.3) is 0 Å². The summed E-state index contributed by atoms with van der Waals surface area (Å²) in [6.45, 7) is 0. The molecule has 0 saturated carbocycles. The van der Waals surface area contributed by atoms with Gasteiger partial charge >= 0.3 is 0 Å². The van der Waals surface area contributed by atoms with E-state index in [-0.39, 0.29) is 11.5 Å². The Morgan fingerprint density at radius 2 is 1.55 bits per heavy atom. The average Bonchev–Trinajstić information content (AvgIpc) is 2.93. The van der Waals surface area contributed by atoms with Crippen LogP contribution in [-0.4, -0.2) is 15.9 Å². The van der Waals surface area contributed by atoms with Gasteiger partial charge in [0.1, 0.15) is 5.75 Å². The molecule has 4 aromatic rings. The Morgan fingerprint density at radius 1 is 0.818 bits per heavy atom. The van der Waals surface area contributed by atoms with Crippen molar-refractivity contribution in [2.75, 3.05) is 0 Å². The van der Waals surface area contributed by atoms with Gasteiger partial charge in [0.15, 0.2) is 5.78 Å². The van der Waals surface area contributed by atoms with E-state index < -0.39 is 0 Å². The molecule has 0 aliphatic carbocycles. The van der Waals surface area contributed by atoms with Gasteiger partial charge in [0.05, 0.1) is 11.1 Å². The lowest BCUT2D eigenvalue weighted by molar-refractivity contribution is 0.103. The summed E-state index contributed by atoms with van der Waals surface area (Å²) in [6.07, 6.45) is 0. The summed E-state index contributed by atoms with van der Waals surface area (Å²) in [5.74, 6) is -0.192. The number of benzene rings is 3. The average molecular weight is 287 g/mol. The molecular weight excluding hydrogens is 274 g/mol. The number of hydrogen-bond acceptors (Lipinski definition) is 2. The topological polar surface area (TPSA) is 53.1 Å². The number of aromatic nitrogens is 1. The maximum absolute atomic E-state index is 12.8. The standard InChI is InChI=1S/C19H13NO2/c21-16-11-10-14-13-8-4-5-9-15(13)20-18(14)17(16)19(22)12-6-2-1-3-7-12/h1-11,20-21H. The van der Waals surface area contributed by atoms with Gasteiger partial charge in [-0.25, -0.2) is 0 Å². The van der Waals surface area contributed by atoms with Gasteiger partial charge in [-0.1, -0.05) is 48.5 Å². The monoisotopic (exact) mass is 287 g/mol. The van der Waals surface area contributed by atoms with Crippen LogP contribution in [0.5, 0.6) is 5.75 Å². The van der Waals surface area contributed by atoms with Gasteiger partial charge in [-0.3, -0.25) is 4.79 Å². The van der Waals surface area contributed by atoms with Crippen molar-refractivity contribution in [3.05, 3.63) is 77.9 Å². The number of ketones is 1. The van der Waals surface area contributed by atoms with Gasteiger partial charge in [-0.15, -0.1) is 0 Å². The first-order valence-electron chi connectivity index (χ1n) is 7.08. The summed E-state index contributed by atoms with van der Waals surface area (Å²) >= 11 is 0. The minimum Gasteiger partial charge on any atom is -0.507 e. The first kappa shape index (κ1) is 12.7. The Hall–Kier alpha value is -3.07. The van der Waals surface area contributed by atoms with E-state index >= 15 is 0 Å². The predicted octanol–water partition coefficient (Wildman–Crippen LogP) is 4.26. The number of carbonyl (C=O) groups is 1. The number of phenolic OH excluding ortho intramolecular Hbond substituents is 1. The van der Waals surface area contributed by atoms with Crippen LogP contribution in [0.15, 0.2) is 66.7 Å². The summed E-state index contributed by atoms with van der Waals surface area (Å²) < 4.78 is 0. The van der Waals surface area contributed by atoms with Crippen molar-refractivity contribution in [2.24, 2.45) is 0 Å². The van der Waals surface area contributed by atoms with Crippen LogP contribution in [0.25, 0.3) is 21.8 Å². The number of hydrogen-bond donors (Lipinski definition) is 2. The van der Waals surface area contributed by atoms with Crippen LogP contribution in [0.4, 0.5) is 0 Å². The molecule has 22 heavy (non-hydrogen) atoms. The van der Waals surface area contributed by atoms with Crippen LogP contribution < -0.4 is 0 Å². The van der Waals surface area contributed by atoms with Crippen LogP contribution >= 0.6 is 0 Å². The van der Waals surface area contributed by atoms with Crippen LogP contribution in [0, 0.1) is 0 Å². The zero-order valence-electron chi connectivity index (χ0n) is 11.7. The van der Waals surface area contributed by atoms with Crippen molar-refractivity contribution in [1.82, 2.24) is 4.98 Å². The summed E-state index contributed by atoms with van der Waals surface area (Å²) in [4.78, 5) is 16.0. The van der Waals surface area contributed by atoms with Crippen molar-refractivity contribution < 1.29 is 9.90 Å². The van der Waals surface area contributed by atoms with Crippen LogP contribution in [0.2, 0.25) is 0 Å². The van der Waals surface area contributed by atoms with Crippen molar-refractivity contribution in [3.63, 3.8) is 0 Å². The molecule has 0 atom stereocenters. The Labute approximate surface area is 126 Å². The molecule has 0 aliphatic heterocycles. The van der Waals surface area contributed by atoms with Gasteiger partial charge in [0.2, 0.25) is 0 Å². The SMILES string of the molecule is O=C(c1ccccc1)c1c(O)ccc2c1[nH]c1ccccc12. The van der Waals surface area contributed by atoms with Gasteiger partial charge in [-0.2, -0.15) is 0 Å². The molecular formula is C19H13NO2. The molecule has 0 unspecified atom stereocenters. The minimum atomic E-state index is -0.185. The van der Waals surface area contributed by atoms with Gasteiger partial charge < -0.3 is 10.1 Å². The number of para-hydroxylation sites is 1. The van der Waals surface area contributed by atoms with E-state index in [1.165, 1.54) is 0 Å². The van der Waals surface area contributed by atoms with E-state index in [4.69, 9.17) is 0 Å². The molecule has 0 spiro atoms. The molecule has 0 saturated heterocycles. The lowest BCUT2D eigenvalue weighted by atomic mass is 9.99. The van der Waals surface area contributed by atoms with E-state index in [0.29, 0.717) is 16.6 Å². The molecule has 1 heterocycles. The van der Waals surface area contributed by atoms with Crippen LogP contribution in [-0.2, 0) is 0 Å². The molecule has 0 bridgehead atoms. The van der Waals surface area contributed by atoms with Gasteiger partial charge in [0, 0.05) is 21.9 Å². The van der Waals surface area contributed by atoms with Crippen LogP contribution in [0.1, 0.15) is 15.9 Å². The van der Waals surface area contributed by atoms with Crippen molar-refractivity contribution in [3.8, 4) is 5.75 Å². The smallest absolute Gasteiger partial charge is 0.198 e. The molecule has 0 fully saturated rings. The zero-order chi connectivity index (χ0) is 15.1. The molecule has 3 aromatic carbocycles. The van der Waals surface area contributed by atoms with E-state index in [1.54, 1.807) is 18.2 Å². The maximum atomic E-state index is 12.8. The first-order chi connectivity index (χ1) is 10.8. The normalized spacial score (nSPS) is 11.1. The number of rotatable bonds is 2. The second-order valence-corrected chi connectivity index (χ2v) is 5.25. The van der Waals surface area contributed by atoms with Crippen LogP contribution in [0.3, 0.4) is 0 Å². The molecule has 3 nitrogen and oxygen atoms in total.